The van der Waals surface area contributed by atoms with Crippen LogP contribution in [0.25, 0.3) is 0 Å². The minimum absolute atomic E-state index is 0.0308. The maximum Gasteiger partial charge on any atom is 0.128 e. The molecule has 0 aliphatic carbocycles. The molecule has 0 bridgehead atoms. The van der Waals surface area contributed by atoms with Crippen LogP contribution in [0.15, 0.2) is 0 Å². The Morgan fingerprint density at radius 2 is 1.35 bits per heavy atom. The van der Waals surface area contributed by atoms with Gasteiger partial charge in [0.05, 0.1) is 33.0 Å². The maximum absolute atomic E-state index is 9.68. The first kappa shape index (κ1) is 22.8. The van der Waals surface area contributed by atoms with E-state index in [-0.39, 0.29) is 13.2 Å². The van der Waals surface area contributed by atoms with E-state index >= 15 is 0 Å². The van der Waals surface area contributed by atoms with Gasteiger partial charge in [-0.25, -0.2) is 0 Å². The highest BCUT2D eigenvalue weighted by Crippen LogP contribution is 2.10. The Balaban J connectivity index is 3.10. The van der Waals surface area contributed by atoms with E-state index in [9.17, 15) is 5.11 Å². The second-order valence-corrected chi connectivity index (χ2v) is 6.06. The van der Waals surface area contributed by atoms with E-state index in [2.05, 4.69) is 12.2 Å². The normalized spacial score (nSPS) is 12.7. The largest absolute Gasteiger partial charge is 0.394 e. The molecule has 23 heavy (non-hydrogen) atoms. The molecule has 0 aliphatic heterocycles. The summed E-state index contributed by atoms with van der Waals surface area (Å²) in [6, 6.07) is 0. The van der Waals surface area contributed by atoms with Gasteiger partial charge in [-0.15, -0.1) is 0 Å². The van der Waals surface area contributed by atoms with E-state index < -0.39 is 6.23 Å². The Morgan fingerprint density at radius 3 is 1.96 bits per heavy atom. The lowest BCUT2D eigenvalue weighted by molar-refractivity contribution is -0.0118. The summed E-state index contributed by atoms with van der Waals surface area (Å²) in [4.78, 5) is 0. The molecule has 0 aliphatic rings. The molecule has 0 aromatic rings. The first-order valence-corrected chi connectivity index (χ1v) is 9.49. The Labute approximate surface area is 142 Å². The predicted octanol–water partition coefficient (Wildman–Crippen LogP) is 2.84. The van der Waals surface area contributed by atoms with Crippen LogP contribution in [0.1, 0.15) is 71.1 Å². The number of nitrogens with one attached hydrogen (secondary N) is 1. The zero-order valence-corrected chi connectivity index (χ0v) is 15.1. The highest BCUT2D eigenvalue weighted by Gasteiger charge is 2.02. The summed E-state index contributed by atoms with van der Waals surface area (Å²) in [6.45, 7) is 4.63. The van der Waals surface area contributed by atoms with E-state index in [0.29, 0.717) is 19.8 Å². The predicted molar refractivity (Wildman–Crippen MR) is 94.6 cm³/mol. The number of rotatable bonds is 19. The van der Waals surface area contributed by atoms with Gasteiger partial charge in [0, 0.05) is 0 Å². The van der Waals surface area contributed by atoms with Crippen molar-refractivity contribution in [3.63, 3.8) is 0 Å². The summed E-state index contributed by atoms with van der Waals surface area (Å²) < 4.78 is 10.3. The molecule has 0 fully saturated rings. The maximum atomic E-state index is 9.68. The average molecular weight is 334 g/mol. The lowest BCUT2D eigenvalue weighted by Gasteiger charge is -2.13. The molecule has 1 unspecified atom stereocenters. The van der Waals surface area contributed by atoms with Crippen LogP contribution in [0.3, 0.4) is 0 Å². The van der Waals surface area contributed by atoms with Crippen molar-refractivity contribution in [3.8, 4) is 0 Å². The second kappa shape index (κ2) is 19.8. The topological polar surface area (TPSA) is 71.0 Å². The van der Waals surface area contributed by atoms with E-state index in [1.165, 1.54) is 57.8 Å². The van der Waals surface area contributed by atoms with E-state index in [4.69, 9.17) is 14.6 Å². The molecule has 0 aromatic carbocycles. The van der Waals surface area contributed by atoms with Crippen LogP contribution in [0.5, 0.6) is 0 Å². The fraction of sp³-hybridized carbons (Fsp3) is 1.00. The van der Waals surface area contributed by atoms with Gasteiger partial charge in [-0.3, -0.25) is 5.32 Å². The van der Waals surface area contributed by atoms with Gasteiger partial charge in [0.1, 0.15) is 6.23 Å². The molecule has 3 N–H and O–H groups in total. The standard InChI is InChI=1S/C18H39NO4/c1-2-3-4-5-6-7-8-9-10-11-12-19-18(21)17-23-16-15-22-14-13-20/h18-21H,2-17H2,1H3. The summed E-state index contributed by atoms with van der Waals surface area (Å²) >= 11 is 0. The minimum Gasteiger partial charge on any atom is -0.394 e. The van der Waals surface area contributed by atoms with Crippen molar-refractivity contribution in [2.24, 2.45) is 0 Å². The van der Waals surface area contributed by atoms with Crippen LogP contribution in [-0.2, 0) is 9.47 Å². The zero-order valence-electron chi connectivity index (χ0n) is 15.1. The summed E-state index contributed by atoms with van der Waals surface area (Å²) in [5.74, 6) is 0. The molecule has 5 nitrogen and oxygen atoms in total. The SMILES string of the molecule is CCCCCCCCCCCCNC(O)COCCOCCO. The van der Waals surface area contributed by atoms with Gasteiger partial charge in [0.25, 0.3) is 0 Å². The smallest absolute Gasteiger partial charge is 0.128 e. The summed E-state index contributed by atoms with van der Waals surface area (Å²) in [5.41, 5.74) is 0. The van der Waals surface area contributed by atoms with Crippen molar-refractivity contribution >= 4 is 0 Å². The molecule has 0 radical (unpaired) electrons. The fourth-order valence-corrected chi connectivity index (χ4v) is 2.42. The van der Waals surface area contributed by atoms with Crippen molar-refractivity contribution in [2.45, 2.75) is 77.4 Å². The van der Waals surface area contributed by atoms with Gasteiger partial charge in [-0.2, -0.15) is 0 Å². The Hall–Kier alpha value is -0.200. The van der Waals surface area contributed by atoms with Gasteiger partial charge in [-0.05, 0) is 13.0 Å². The summed E-state index contributed by atoms with van der Waals surface area (Å²) in [6.07, 6.45) is 12.6. The van der Waals surface area contributed by atoms with Crippen LogP contribution < -0.4 is 5.32 Å². The van der Waals surface area contributed by atoms with Crippen molar-refractivity contribution in [3.05, 3.63) is 0 Å². The molecule has 0 aromatic heterocycles. The van der Waals surface area contributed by atoms with E-state index in [1.807, 2.05) is 0 Å². The molecule has 0 saturated heterocycles. The average Bonchev–Trinajstić information content (AvgIpc) is 2.56. The molecule has 1 atom stereocenters. The molecule has 0 saturated carbocycles. The molecule has 0 heterocycles. The number of aliphatic hydroxyl groups excluding tert-OH is 2. The number of aliphatic hydroxyl groups is 2. The van der Waals surface area contributed by atoms with Gasteiger partial charge >= 0.3 is 0 Å². The molecule has 0 rings (SSSR count). The highest BCUT2D eigenvalue weighted by atomic mass is 16.5. The van der Waals surface area contributed by atoms with E-state index in [1.54, 1.807) is 0 Å². The van der Waals surface area contributed by atoms with Crippen molar-refractivity contribution in [2.75, 3.05) is 39.6 Å². The number of ether oxygens (including phenoxy) is 2. The third kappa shape index (κ3) is 19.8. The fourth-order valence-electron chi connectivity index (χ4n) is 2.42. The van der Waals surface area contributed by atoms with Crippen LogP contribution in [-0.4, -0.2) is 56.0 Å². The Morgan fingerprint density at radius 1 is 0.783 bits per heavy atom. The molecule has 0 amide bonds. The lowest BCUT2D eigenvalue weighted by Crippen LogP contribution is -2.34. The minimum atomic E-state index is -0.605. The first-order valence-electron chi connectivity index (χ1n) is 9.49. The lowest BCUT2D eigenvalue weighted by atomic mass is 10.1. The second-order valence-electron chi connectivity index (χ2n) is 6.06. The quantitative estimate of drug-likeness (QED) is 0.250. The van der Waals surface area contributed by atoms with Gasteiger partial charge in [0.2, 0.25) is 0 Å². The third-order valence-electron chi connectivity index (χ3n) is 3.79. The van der Waals surface area contributed by atoms with Crippen LogP contribution in [0.4, 0.5) is 0 Å². The zero-order chi connectivity index (χ0) is 17.0. The molecule has 0 spiro atoms. The number of unbranched alkanes of at least 4 members (excludes halogenated alkanes) is 9. The van der Waals surface area contributed by atoms with Crippen LogP contribution in [0.2, 0.25) is 0 Å². The van der Waals surface area contributed by atoms with Crippen LogP contribution >= 0.6 is 0 Å². The first-order chi connectivity index (χ1) is 11.3. The molecular formula is C18H39NO4. The van der Waals surface area contributed by atoms with Gasteiger partial charge < -0.3 is 19.7 Å². The van der Waals surface area contributed by atoms with Crippen molar-refractivity contribution in [1.29, 1.82) is 0 Å². The summed E-state index contributed by atoms with van der Waals surface area (Å²) in [7, 11) is 0. The number of hydrogen-bond acceptors (Lipinski definition) is 5. The van der Waals surface area contributed by atoms with Gasteiger partial charge in [-0.1, -0.05) is 64.7 Å². The van der Waals surface area contributed by atoms with Crippen molar-refractivity contribution in [1.82, 2.24) is 5.32 Å². The summed E-state index contributed by atoms with van der Waals surface area (Å²) in [5, 5.41) is 21.3. The number of hydrogen-bond donors (Lipinski definition) is 3. The monoisotopic (exact) mass is 333 g/mol. The Bertz CT molecular complexity index is 217. The molecular weight excluding hydrogens is 294 g/mol. The highest BCUT2D eigenvalue weighted by molar-refractivity contribution is 4.54. The Kier molecular flexibility index (Phi) is 19.7. The third-order valence-corrected chi connectivity index (χ3v) is 3.79. The van der Waals surface area contributed by atoms with Gasteiger partial charge in [0.15, 0.2) is 0 Å². The van der Waals surface area contributed by atoms with Crippen LogP contribution in [0, 0.1) is 0 Å². The van der Waals surface area contributed by atoms with Crippen molar-refractivity contribution < 1.29 is 19.7 Å². The molecule has 140 valence electrons. The van der Waals surface area contributed by atoms with E-state index in [0.717, 1.165) is 13.0 Å². The molecule has 5 heteroatoms.